The van der Waals surface area contributed by atoms with E-state index in [1.807, 2.05) is 31.2 Å². The summed E-state index contributed by atoms with van der Waals surface area (Å²) in [5, 5.41) is 10.5. The van der Waals surface area contributed by atoms with Gasteiger partial charge in [0.1, 0.15) is 12.2 Å². The molecule has 2 fully saturated rings. The van der Waals surface area contributed by atoms with Gasteiger partial charge in [0.15, 0.2) is 0 Å². The molecule has 1 saturated heterocycles. The topological polar surface area (TPSA) is 99.5 Å². The zero-order chi connectivity index (χ0) is 26.1. The number of ether oxygens (including phenoxy) is 1. The molecule has 0 radical (unpaired) electrons. The van der Waals surface area contributed by atoms with E-state index in [4.69, 9.17) is 27.9 Å². The fourth-order valence-electron chi connectivity index (χ4n) is 5.13. The Morgan fingerprint density at radius 3 is 2.42 bits per heavy atom. The van der Waals surface area contributed by atoms with Crippen LogP contribution in [0.4, 0.5) is 0 Å². The van der Waals surface area contributed by atoms with Crippen molar-refractivity contribution in [2.24, 2.45) is 0 Å². The first-order valence-electron chi connectivity index (χ1n) is 11.9. The van der Waals surface area contributed by atoms with Crippen LogP contribution in [0.1, 0.15) is 62.3 Å². The largest absolute Gasteiger partial charge is 0.357 e. The molecule has 2 aliphatic rings. The molecule has 1 amide bonds. The molecule has 2 aromatic rings. The van der Waals surface area contributed by atoms with E-state index in [0.29, 0.717) is 35.7 Å². The molecule has 1 heterocycles. The number of rotatable bonds is 9. The first-order valence-corrected chi connectivity index (χ1v) is 14.2. The smallest absolute Gasteiger partial charge is 0.253 e. The molecule has 0 aromatic heterocycles. The number of hydrogen-bond donors (Lipinski definition) is 1. The number of carbonyl (C=O) groups excluding carboxylic acids is 1. The van der Waals surface area contributed by atoms with Gasteiger partial charge in [-0.15, -0.1) is 0 Å². The van der Waals surface area contributed by atoms with Crippen LogP contribution in [0, 0.1) is 11.3 Å². The predicted molar refractivity (Wildman–Crippen MR) is 139 cm³/mol. The highest BCUT2D eigenvalue weighted by molar-refractivity contribution is 7.91. The van der Waals surface area contributed by atoms with Crippen molar-refractivity contribution in [2.75, 3.05) is 7.05 Å². The van der Waals surface area contributed by atoms with E-state index in [1.165, 1.54) is 7.05 Å². The van der Waals surface area contributed by atoms with E-state index >= 15 is 0 Å². The van der Waals surface area contributed by atoms with E-state index in [2.05, 4.69) is 10.8 Å². The van der Waals surface area contributed by atoms with Crippen LogP contribution < -0.4 is 4.72 Å². The SMILES string of the molecule is CC[C@@H](CC1(S(=O)(=O)NC)CC1)N1C(=O)[C@@H](CC#N)O[C@H](c2cccc(Cl)c2)[C@H]1c1ccc(Cl)cc1. The average Bonchev–Trinajstić information content (AvgIpc) is 3.66. The summed E-state index contributed by atoms with van der Waals surface area (Å²) in [7, 11) is -2.12. The Bertz CT molecular complexity index is 1260. The molecule has 2 aromatic carbocycles. The number of hydrogen-bond acceptors (Lipinski definition) is 5. The second-order valence-corrected chi connectivity index (χ2v) is 12.5. The van der Waals surface area contributed by atoms with Gasteiger partial charge in [-0.25, -0.2) is 13.1 Å². The maximum Gasteiger partial charge on any atom is 0.253 e. The van der Waals surface area contributed by atoms with Crippen LogP contribution in [0.25, 0.3) is 0 Å². The number of nitrogens with one attached hydrogen (secondary N) is 1. The summed E-state index contributed by atoms with van der Waals surface area (Å²) >= 11 is 12.5. The van der Waals surface area contributed by atoms with E-state index in [0.717, 1.165) is 11.1 Å². The van der Waals surface area contributed by atoms with Crippen LogP contribution in [0.2, 0.25) is 10.0 Å². The molecule has 4 rings (SSSR count). The molecule has 7 nitrogen and oxygen atoms in total. The summed E-state index contributed by atoms with van der Waals surface area (Å²) in [5.74, 6) is -0.320. The average molecular weight is 551 g/mol. The zero-order valence-corrected chi connectivity index (χ0v) is 22.5. The number of halogens is 2. The summed E-state index contributed by atoms with van der Waals surface area (Å²) in [6.07, 6.45) is 0.198. The summed E-state index contributed by atoms with van der Waals surface area (Å²) < 4.78 is 33.6. The Morgan fingerprint density at radius 2 is 1.86 bits per heavy atom. The molecule has 10 heteroatoms. The second-order valence-electron chi connectivity index (χ2n) is 9.36. The van der Waals surface area contributed by atoms with Crippen molar-refractivity contribution in [3.63, 3.8) is 0 Å². The van der Waals surface area contributed by atoms with E-state index in [1.54, 1.807) is 29.2 Å². The summed E-state index contributed by atoms with van der Waals surface area (Å²) in [6, 6.07) is 15.6. The number of carbonyl (C=O) groups is 1. The summed E-state index contributed by atoms with van der Waals surface area (Å²) in [4.78, 5) is 15.6. The normalized spacial score (nSPS) is 24.2. The van der Waals surface area contributed by atoms with Gasteiger partial charge in [-0.05, 0) is 68.1 Å². The molecule has 1 saturated carbocycles. The van der Waals surface area contributed by atoms with Crippen LogP contribution in [0.15, 0.2) is 48.5 Å². The predicted octanol–water partition coefficient (Wildman–Crippen LogP) is 5.17. The number of benzene rings is 2. The van der Waals surface area contributed by atoms with E-state index in [-0.39, 0.29) is 12.3 Å². The third-order valence-electron chi connectivity index (χ3n) is 7.21. The summed E-state index contributed by atoms with van der Waals surface area (Å²) in [6.45, 7) is 1.95. The molecule has 192 valence electrons. The highest BCUT2D eigenvalue weighted by Gasteiger charge is 2.57. The van der Waals surface area contributed by atoms with Gasteiger partial charge in [-0.3, -0.25) is 4.79 Å². The molecule has 0 bridgehead atoms. The Labute approximate surface area is 222 Å². The highest BCUT2D eigenvalue weighted by atomic mass is 35.5. The van der Waals surface area contributed by atoms with Gasteiger partial charge in [-0.2, -0.15) is 5.26 Å². The van der Waals surface area contributed by atoms with Gasteiger partial charge in [-0.1, -0.05) is 54.4 Å². The molecule has 0 spiro atoms. The van der Waals surface area contributed by atoms with Crippen LogP contribution >= 0.6 is 23.2 Å². The Kier molecular flexibility index (Phi) is 7.98. The van der Waals surface area contributed by atoms with Gasteiger partial charge in [0, 0.05) is 16.1 Å². The minimum atomic E-state index is -3.54. The van der Waals surface area contributed by atoms with Gasteiger partial charge >= 0.3 is 0 Å². The monoisotopic (exact) mass is 549 g/mol. The number of sulfonamides is 1. The lowest BCUT2D eigenvalue weighted by Gasteiger charge is -2.48. The minimum Gasteiger partial charge on any atom is -0.357 e. The van der Waals surface area contributed by atoms with E-state index in [9.17, 15) is 18.5 Å². The fraction of sp³-hybridized carbons (Fsp3) is 0.462. The molecule has 4 atom stereocenters. The number of nitrogens with zero attached hydrogens (tertiary/aromatic N) is 2. The molecule has 1 aliphatic heterocycles. The van der Waals surface area contributed by atoms with Crippen LogP contribution in [0.3, 0.4) is 0 Å². The number of amides is 1. The zero-order valence-electron chi connectivity index (χ0n) is 20.2. The molecule has 1 aliphatic carbocycles. The standard InChI is InChI=1S/C26H29Cl2N3O4S/c1-3-21(16-26(12-13-26)36(33,34)30-2)31-23(17-7-9-19(27)10-8-17)24(18-5-4-6-20(28)15-18)35-22(11-14-29)25(31)32/h4-10,15,21-24,30H,3,11-13,16H2,1-2H3/t21-,22+,23+,24+/m0/s1. The third kappa shape index (κ3) is 5.13. The van der Waals surface area contributed by atoms with Crippen molar-refractivity contribution in [1.82, 2.24) is 9.62 Å². The van der Waals surface area contributed by atoms with Gasteiger partial charge < -0.3 is 9.64 Å². The number of nitriles is 1. The second kappa shape index (κ2) is 10.7. The molecular weight excluding hydrogens is 521 g/mol. The highest BCUT2D eigenvalue weighted by Crippen LogP contribution is 2.51. The first kappa shape index (κ1) is 26.9. The molecule has 36 heavy (non-hydrogen) atoms. The van der Waals surface area contributed by atoms with Gasteiger partial charge in [0.05, 0.1) is 23.3 Å². The van der Waals surface area contributed by atoms with Gasteiger partial charge in [0.25, 0.3) is 5.91 Å². The Balaban J connectivity index is 1.84. The van der Waals surface area contributed by atoms with Crippen molar-refractivity contribution in [1.29, 1.82) is 5.26 Å². The minimum absolute atomic E-state index is 0.115. The van der Waals surface area contributed by atoms with Crippen LogP contribution in [-0.2, 0) is 19.6 Å². The molecule has 1 N–H and O–H groups in total. The van der Waals surface area contributed by atoms with Crippen molar-refractivity contribution in [2.45, 2.75) is 68.1 Å². The fourth-order valence-corrected chi connectivity index (χ4v) is 6.94. The lowest BCUT2D eigenvalue weighted by atomic mass is 9.88. The Hall–Kier alpha value is -2.15. The molecular formula is C26H29Cl2N3O4S. The quantitative estimate of drug-likeness (QED) is 0.465. The lowest BCUT2D eigenvalue weighted by Crippen LogP contribution is -2.56. The first-order chi connectivity index (χ1) is 17.2. The van der Waals surface area contributed by atoms with E-state index < -0.39 is 39.1 Å². The van der Waals surface area contributed by atoms with Gasteiger partial charge in [0.2, 0.25) is 10.0 Å². The Morgan fingerprint density at radius 1 is 1.17 bits per heavy atom. The van der Waals surface area contributed by atoms with Crippen molar-refractivity contribution in [3.05, 3.63) is 69.7 Å². The maximum absolute atomic E-state index is 13.9. The maximum atomic E-state index is 13.9. The van der Waals surface area contributed by atoms with Crippen molar-refractivity contribution >= 4 is 39.1 Å². The molecule has 0 unspecified atom stereocenters. The van der Waals surface area contributed by atoms with Crippen LogP contribution in [0.5, 0.6) is 0 Å². The summed E-state index contributed by atoms with van der Waals surface area (Å²) in [5.41, 5.74) is 1.56. The van der Waals surface area contributed by atoms with Crippen molar-refractivity contribution in [3.8, 4) is 6.07 Å². The van der Waals surface area contributed by atoms with Crippen LogP contribution in [-0.4, -0.2) is 43.2 Å². The number of morpholine rings is 1. The lowest BCUT2D eigenvalue weighted by molar-refractivity contribution is -0.179. The third-order valence-corrected chi connectivity index (χ3v) is 9.95. The van der Waals surface area contributed by atoms with Crippen molar-refractivity contribution < 1.29 is 17.9 Å².